The third-order valence-corrected chi connectivity index (χ3v) is 2.70. The number of carbonyl (C=O) groups excluding carboxylic acids is 1. The van der Waals surface area contributed by atoms with Crippen LogP contribution in [-0.4, -0.2) is 34.5 Å². The Morgan fingerprint density at radius 1 is 1.38 bits per heavy atom. The SMILES string of the molecule is CC(C(=O)N(C)C)n1cnc2ccccc21. The third kappa shape index (κ3) is 1.66. The molecule has 0 fully saturated rings. The van der Waals surface area contributed by atoms with E-state index in [4.69, 9.17) is 0 Å². The molecule has 0 radical (unpaired) electrons. The van der Waals surface area contributed by atoms with Crippen molar-refractivity contribution in [3.63, 3.8) is 0 Å². The molecule has 1 atom stereocenters. The van der Waals surface area contributed by atoms with Gasteiger partial charge in [-0.05, 0) is 19.1 Å². The lowest BCUT2D eigenvalue weighted by atomic mass is 10.2. The average Bonchev–Trinajstić information content (AvgIpc) is 2.70. The molecule has 1 aromatic carbocycles. The number of hydrogen-bond donors (Lipinski definition) is 0. The van der Waals surface area contributed by atoms with E-state index in [0.29, 0.717) is 0 Å². The van der Waals surface area contributed by atoms with Crippen LogP contribution in [0.25, 0.3) is 11.0 Å². The molecule has 0 aliphatic carbocycles. The van der Waals surface area contributed by atoms with Gasteiger partial charge in [0, 0.05) is 14.1 Å². The van der Waals surface area contributed by atoms with Gasteiger partial charge in [0.05, 0.1) is 17.4 Å². The Labute approximate surface area is 94.5 Å². The van der Waals surface area contributed by atoms with Crippen molar-refractivity contribution in [2.24, 2.45) is 0 Å². The van der Waals surface area contributed by atoms with Gasteiger partial charge in [0.15, 0.2) is 0 Å². The Balaban J connectivity index is 2.44. The quantitative estimate of drug-likeness (QED) is 0.767. The van der Waals surface area contributed by atoms with Crippen molar-refractivity contribution < 1.29 is 4.79 Å². The van der Waals surface area contributed by atoms with Crippen LogP contribution < -0.4 is 0 Å². The number of para-hydroxylation sites is 2. The van der Waals surface area contributed by atoms with Gasteiger partial charge in [-0.2, -0.15) is 0 Å². The number of aromatic nitrogens is 2. The van der Waals surface area contributed by atoms with Gasteiger partial charge in [0.1, 0.15) is 6.04 Å². The molecule has 0 bridgehead atoms. The summed E-state index contributed by atoms with van der Waals surface area (Å²) in [6.07, 6.45) is 1.72. The van der Waals surface area contributed by atoms with Crippen LogP contribution >= 0.6 is 0 Å². The van der Waals surface area contributed by atoms with Crippen molar-refractivity contribution in [1.82, 2.24) is 14.5 Å². The Morgan fingerprint density at radius 3 is 2.75 bits per heavy atom. The summed E-state index contributed by atoms with van der Waals surface area (Å²) in [6, 6.07) is 7.59. The fourth-order valence-corrected chi connectivity index (χ4v) is 1.78. The smallest absolute Gasteiger partial charge is 0.244 e. The van der Waals surface area contributed by atoms with Crippen LogP contribution in [0.3, 0.4) is 0 Å². The lowest BCUT2D eigenvalue weighted by Crippen LogP contribution is -2.29. The van der Waals surface area contributed by atoms with Gasteiger partial charge in [-0.3, -0.25) is 4.79 Å². The Bertz CT molecular complexity index is 516. The van der Waals surface area contributed by atoms with Crippen LogP contribution in [0.5, 0.6) is 0 Å². The average molecular weight is 217 g/mol. The number of nitrogens with zero attached hydrogens (tertiary/aromatic N) is 3. The fourth-order valence-electron chi connectivity index (χ4n) is 1.78. The van der Waals surface area contributed by atoms with Crippen molar-refractivity contribution in [2.75, 3.05) is 14.1 Å². The molecule has 4 heteroatoms. The zero-order chi connectivity index (χ0) is 11.7. The van der Waals surface area contributed by atoms with E-state index in [1.165, 1.54) is 0 Å². The number of likely N-dealkylation sites (N-methyl/N-ethyl adjacent to an activating group) is 1. The lowest BCUT2D eigenvalue weighted by Gasteiger charge is -2.18. The monoisotopic (exact) mass is 217 g/mol. The molecule has 0 saturated heterocycles. The highest BCUT2D eigenvalue weighted by Gasteiger charge is 2.18. The standard InChI is InChI=1S/C12H15N3O/c1-9(12(16)14(2)3)15-8-13-10-6-4-5-7-11(10)15/h4-9H,1-3H3. The van der Waals surface area contributed by atoms with Crippen molar-refractivity contribution in [1.29, 1.82) is 0 Å². The molecule has 4 nitrogen and oxygen atoms in total. The Kier molecular flexibility index (Phi) is 2.64. The zero-order valence-electron chi connectivity index (χ0n) is 9.71. The summed E-state index contributed by atoms with van der Waals surface area (Å²) in [7, 11) is 3.52. The molecule has 0 N–H and O–H groups in total. The number of carbonyl (C=O) groups is 1. The van der Waals surface area contributed by atoms with E-state index in [1.54, 1.807) is 25.3 Å². The molecule has 84 valence electrons. The van der Waals surface area contributed by atoms with Gasteiger partial charge < -0.3 is 9.47 Å². The molecule has 0 spiro atoms. The molecule has 2 aromatic rings. The van der Waals surface area contributed by atoms with E-state index in [0.717, 1.165) is 11.0 Å². The summed E-state index contributed by atoms with van der Waals surface area (Å²) in [5, 5.41) is 0. The molecule has 2 rings (SSSR count). The molecule has 1 heterocycles. The molecule has 0 aliphatic rings. The second-order valence-electron chi connectivity index (χ2n) is 4.05. The predicted molar refractivity (Wildman–Crippen MR) is 63.1 cm³/mol. The van der Waals surface area contributed by atoms with Gasteiger partial charge >= 0.3 is 0 Å². The van der Waals surface area contributed by atoms with Gasteiger partial charge in [0.2, 0.25) is 5.91 Å². The number of amides is 1. The van der Waals surface area contributed by atoms with E-state index in [9.17, 15) is 4.79 Å². The molecule has 0 saturated carbocycles. The molecule has 1 aromatic heterocycles. The van der Waals surface area contributed by atoms with Crippen LogP contribution in [0.1, 0.15) is 13.0 Å². The highest BCUT2D eigenvalue weighted by atomic mass is 16.2. The van der Waals surface area contributed by atoms with E-state index in [1.807, 2.05) is 35.8 Å². The highest BCUT2D eigenvalue weighted by molar-refractivity contribution is 5.83. The first kappa shape index (κ1) is 10.7. The molecule has 16 heavy (non-hydrogen) atoms. The molecule has 1 unspecified atom stereocenters. The summed E-state index contributed by atoms with van der Waals surface area (Å²) < 4.78 is 1.90. The number of rotatable bonds is 2. The molecular formula is C12H15N3O. The summed E-state index contributed by atoms with van der Waals surface area (Å²) in [5.41, 5.74) is 1.91. The molecule has 1 amide bonds. The maximum atomic E-state index is 11.9. The summed E-state index contributed by atoms with van der Waals surface area (Å²) in [4.78, 5) is 17.7. The highest BCUT2D eigenvalue weighted by Crippen LogP contribution is 2.18. The van der Waals surface area contributed by atoms with E-state index < -0.39 is 0 Å². The Hall–Kier alpha value is -1.84. The van der Waals surface area contributed by atoms with Crippen molar-refractivity contribution in [3.8, 4) is 0 Å². The summed E-state index contributed by atoms with van der Waals surface area (Å²) in [6.45, 7) is 1.89. The summed E-state index contributed by atoms with van der Waals surface area (Å²) >= 11 is 0. The van der Waals surface area contributed by atoms with Crippen molar-refractivity contribution in [3.05, 3.63) is 30.6 Å². The first-order chi connectivity index (χ1) is 7.61. The third-order valence-electron chi connectivity index (χ3n) is 2.70. The van der Waals surface area contributed by atoms with Gasteiger partial charge in [-0.1, -0.05) is 12.1 Å². The summed E-state index contributed by atoms with van der Waals surface area (Å²) in [5.74, 6) is 0.0724. The van der Waals surface area contributed by atoms with E-state index in [-0.39, 0.29) is 11.9 Å². The molecular weight excluding hydrogens is 202 g/mol. The van der Waals surface area contributed by atoms with Crippen LogP contribution in [0.4, 0.5) is 0 Å². The Morgan fingerprint density at radius 2 is 2.06 bits per heavy atom. The van der Waals surface area contributed by atoms with Gasteiger partial charge in [-0.25, -0.2) is 4.98 Å². The zero-order valence-corrected chi connectivity index (χ0v) is 9.71. The predicted octanol–water partition coefficient (Wildman–Crippen LogP) is 1.69. The fraction of sp³-hybridized carbons (Fsp3) is 0.333. The number of hydrogen-bond acceptors (Lipinski definition) is 2. The molecule has 0 aliphatic heterocycles. The number of fused-ring (bicyclic) bond motifs is 1. The second kappa shape index (κ2) is 3.96. The normalized spacial score (nSPS) is 12.7. The van der Waals surface area contributed by atoms with Crippen LogP contribution in [0, 0.1) is 0 Å². The maximum absolute atomic E-state index is 11.9. The minimum atomic E-state index is -0.220. The van der Waals surface area contributed by atoms with Crippen molar-refractivity contribution >= 4 is 16.9 Å². The van der Waals surface area contributed by atoms with E-state index in [2.05, 4.69) is 4.98 Å². The van der Waals surface area contributed by atoms with Gasteiger partial charge in [-0.15, -0.1) is 0 Å². The minimum absolute atomic E-state index is 0.0724. The number of benzene rings is 1. The topological polar surface area (TPSA) is 38.1 Å². The minimum Gasteiger partial charge on any atom is -0.347 e. The maximum Gasteiger partial charge on any atom is 0.244 e. The number of imidazole rings is 1. The van der Waals surface area contributed by atoms with Gasteiger partial charge in [0.25, 0.3) is 0 Å². The van der Waals surface area contributed by atoms with E-state index >= 15 is 0 Å². The largest absolute Gasteiger partial charge is 0.347 e. The van der Waals surface area contributed by atoms with Crippen LogP contribution in [-0.2, 0) is 4.79 Å². The lowest BCUT2D eigenvalue weighted by molar-refractivity contribution is -0.131. The first-order valence-electron chi connectivity index (χ1n) is 5.24. The van der Waals surface area contributed by atoms with Crippen LogP contribution in [0.2, 0.25) is 0 Å². The van der Waals surface area contributed by atoms with Crippen LogP contribution in [0.15, 0.2) is 30.6 Å². The van der Waals surface area contributed by atoms with Crippen molar-refractivity contribution in [2.45, 2.75) is 13.0 Å². The first-order valence-corrected chi connectivity index (χ1v) is 5.24. The second-order valence-corrected chi connectivity index (χ2v) is 4.05.